The number of methoxy groups -OCH3 is 1. The third-order valence-electron chi connectivity index (χ3n) is 3.30. The Labute approximate surface area is 112 Å². The van der Waals surface area contributed by atoms with Gasteiger partial charge in [0.15, 0.2) is 0 Å². The molecule has 1 N–H and O–H groups in total. The quantitative estimate of drug-likeness (QED) is 0.920. The van der Waals surface area contributed by atoms with Crippen molar-refractivity contribution < 1.29 is 4.74 Å². The number of rotatable bonds is 3. The van der Waals surface area contributed by atoms with Gasteiger partial charge >= 0.3 is 0 Å². The van der Waals surface area contributed by atoms with Crippen LogP contribution in [0.15, 0.2) is 23.3 Å². The van der Waals surface area contributed by atoms with Crippen LogP contribution in [0.4, 0.5) is 0 Å². The maximum atomic E-state index is 11.8. The summed E-state index contributed by atoms with van der Waals surface area (Å²) < 4.78 is 5.31. The van der Waals surface area contributed by atoms with Crippen molar-refractivity contribution in [2.75, 3.05) is 7.11 Å². The van der Waals surface area contributed by atoms with E-state index in [1.807, 2.05) is 32.9 Å². The molecule has 0 aliphatic carbocycles. The van der Waals surface area contributed by atoms with Crippen LogP contribution in [0, 0.1) is 13.8 Å². The molecule has 0 unspecified atom stereocenters. The van der Waals surface area contributed by atoms with Gasteiger partial charge in [0.25, 0.3) is 5.56 Å². The average molecular weight is 258 g/mol. The molecule has 0 amide bonds. The fourth-order valence-corrected chi connectivity index (χ4v) is 2.25. The molecule has 100 valence electrons. The van der Waals surface area contributed by atoms with Crippen molar-refractivity contribution in [3.8, 4) is 17.0 Å². The van der Waals surface area contributed by atoms with Gasteiger partial charge in [-0.05, 0) is 43.5 Å². The number of H-pyrrole nitrogens is 1. The van der Waals surface area contributed by atoms with Gasteiger partial charge in [0.2, 0.25) is 0 Å². The highest BCUT2D eigenvalue weighted by molar-refractivity contribution is 5.68. The van der Waals surface area contributed by atoms with Crippen LogP contribution in [0.2, 0.25) is 0 Å². The third kappa shape index (κ3) is 2.38. The fraction of sp³-hybridized carbons (Fsp3) is 0.333. The lowest BCUT2D eigenvalue weighted by Crippen LogP contribution is -2.14. The zero-order chi connectivity index (χ0) is 14.0. The smallest absolute Gasteiger partial charge is 0.254 e. The van der Waals surface area contributed by atoms with Crippen LogP contribution in [0.25, 0.3) is 11.3 Å². The van der Waals surface area contributed by atoms with E-state index in [-0.39, 0.29) is 5.56 Å². The molecule has 2 rings (SSSR count). The monoisotopic (exact) mass is 258 g/mol. The van der Waals surface area contributed by atoms with Crippen LogP contribution in [0.1, 0.15) is 23.6 Å². The molecule has 0 aliphatic heterocycles. The summed E-state index contributed by atoms with van der Waals surface area (Å²) in [7, 11) is 1.66. The highest BCUT2D eigenvalue weighted by Gasteiger charge is 2.13. The maximum absolute atomic E-state index is 11.8. The summed E-state index contributed by atoms with van der Waals surface area (Å²) in [6.07, 6.45) is 2.11. The van der Waals surface area contributed by atoms with Gasteiger partial charge in [-0.2, -0.15) is 0 Å². The van der Waals surface area contributed by atoms with Crippen LogP contribution in [-0.4, -0.2) is 17.1 Å². The second kappa shape index (κ2) is 5.26. The molecule has 1 heterocycles. The molecular weight excluding hydrogens is 240 g/mol. The van der Waals surface area contributed by atoms with E-state index in [9.17, 15) is 4.79 Å². The molecule has 19 heavy (non-hydrogen) atoms. The summed E-state index contributed by atoms with van der Waals surface area (Å²) >= 11 is 0. The van der Waals surface area contributed by atoms with E-state index in [0.717, 1.165) is 33.7 Å². The van der Waals surface area contributed by atoms with Gasteiger partial charge in [-0.25, -0.2) is 4.98 Å². The first kappa shape index (κ1) is 13.3. The minimum atomic E-state index is -0.0691. The van der Waals surface area contributed by atoms with Crippen LogP contribution < -0.4 is 10.3 Å². The SMILES string of the molecule is CCc1c(-c2cc(C)c(OC)cc2C)nc[nH]c1=O. The number of aryl methyl sites for hydroxylation is 2. The Kier molecular flexibility index (Phi) is 3.69. The first-order chi connectivity index (χ1) is 9.08. The fourth-order valence-electron chi connectivity index (χ4n) is 2.25. The number of nitrogens with one attached hydrogen (secondary N) is 1. The van der Waals surface area contributed by atoms with E-state index in [1.54, 1.807) is 7.11 Å². The Bertz CT molecular complexity index is 660. The molecule has 0 radical (unpaired) electrons. The van der Waals surface area contributed by atoms with Crippen molar-refractivity contribution in [1.82, 2.24) is 9.97 Å². The topological polar surface area (TPSA) is 55.0 Å². The Balaban J connectivity index is 2.69. The van der Waals surface area contributed by atoms with E-state index < -0.39 is 0 Å². The van der Waals surface area contributed by atoms with Crippen LogP contribution in [-0.2, 0) is 6.42 Å². The zero-order valence-electron chi connectivity index (χ0n) is 11.7. The Morgan fingerprint density at radius 2 is 2.00 bits per heavy atom. The summed E-state index contributed by atoms with van der Waals surface area (Å²) in [5.74, 6) is 0.851. The summed E-state index contributed by atoms with van der Waals surface area (Å²) in [6, 6.07) is 4.00. The normalized spacial score (nSPS) is 10.5. The van der Waals surface area contributed by atoms with Gasteiger partial charge in [-0.1, -0.05) is 6.92 Å². The molecule has 0 aliphatic rings. The number of ether oxygens (including phenoxy) is 1. The number of hydrogen-bond acceptors (Lipinski definition) is 3. The Morgan fingerprint density at radius 3 is 2.63 bits per heavy atom. The predicted molar refractivity (Wildman–Crippen MR) is 75.7 cm³/mol. The molecule has 4 nitrogen and oxygen atoms in total. The summed E-state index contributed by atoms with van der Waals surface area (Å²) in [5.41, 5.74) is 4.48. The molecule has 0 saturated carbocycles. The molecule has 1 aromatic carbocycles. The average Bonchev–Trinajstić information content (AvgIpc) is 2.40. The Hall–Kier alpha value is -2.10. The van der Waals surface area contributed by atoms with Gasteiger partial charge in [0.05, 0.1) is 19.1 Å². The largest absolute Gasteiger partial charge is 0.496 e. The molecule has 0 spiro atoms. The van der Waals surface area contributed by atoms with Crippen molar-refractivity contribution >= 4 is 0 Å². The lowest BCUT2D eigenvalue weighted by atomic mass is 9.98. The first-order valence-electron chi connectivity index (χ1n) is 6.30. The van der Waals surface area contributed by atoms with Gasteiger partial charge in [-0.15, -0.1) is 0 Å². The van der Waals surface area contributed by atoms with E-state index in [2.05, 4.69) is 9.97 Å². The maximum Gasteiger partial charge on any atom is 0.254 e. The molecule has 4 heteroatoms. The number of benzene rings is 1. The molecule has 0 saturated heterocycles. The molecule has 1 aromatic heterocycles. The lowest BCUT2D eigenvalue weighted by molar-refractivity contribution is 0.411. The standard InChI is InChI=1S/C15H18N2O2/c1-5-11-14(16-8-17-15(11)18)12-6-10(3)13(19-4)7-9(12)2/h6-8H,5H2,1-4H3,(H,16,17,18). The Morgan fingerprint density at radius 1 is 1.26 bits per heavy atom. The highest BCUT2D eigenvalue weighted by atomic mass is 16.5. The van der Waals surface area contributed by atoms with Crippen molar-refractivity contribution in [1.29, 1.82) is 0 Å². The second-order valence-corrected chi connectivity index (χ2v) is 4.55. The van der Waals surface area contributed by atoms with Gasteiger partial charge in [-0.3, -0.25) is 4.79 Å². The van der Waals surface area contributed by atoms with E-state index in [0.29, 0.717) is 6.42 Å². The minimum Gasteiger partial charge on any atom is -0.496 e. The summed E-state index contributed by atoms with van der Waals surface area (Å²) in [6.45, 7) is 5.95. The molecule has 0 atom stereocenters. The minimum absolute atomic E-state index is 0.0691. The van der Waals surface area contributed by atoms with Gasteiger partial charge in [0.1, 0.15) is 5.75 Å². The van der Waals surface area contributed by atoms with Crippen molar-refractivity contribution in [3.63, 3.8) is 0 Å². The van der Waals surface area contributed by atoms with Crippen LogP contribution in [0.5, 0.6) is 5.75 Å². The van der Waals surface area contributed by atoms with E-state index in [4.69, 9.17) is 4.74 Å². The number of hydrogen-bond donors (Lipinski definition) is 1. The third-order valence-corrected chi connectivity index (χ3v) is 3.30. The number of aromatic amines is 1. The zero-order valence-corrected chi connectivity index (χ0v) is 11.7. The highest BCUT2D eigenvalue weighted by Crippen LogP contribution is 2.29. The number of aromatic nitrogens is 2. The summed E-state index contributed by atoms with van der Waals surface area (Å²) in [4.78, 5) is 18.8. The van der Waals surface area contributed by atoms with E-state index in [1.165, 1.54) is 6.33 Å². The second-order valence-electron chi connectivity index (χ2n) is 4.55. The molecular formula is C15H18N2O2. The van der Waals surface area contributed by atoms with Gasteiger partial charge in [0, 0.05) is 11.1 Å². The van der Waals surface area contributed by atoms with Gasteiger partial charge < -0.3 is 9.72 Å². The molecule has 2 aromatic rings. The van der Waals surface area contributed by atoms with Crippen molar-refractivity contribution in [2.24, 2.45) is 0 Å². The first-order valence-corrected chi connectivity index (χ1v) is 6.30. The molecule has 0 bridgehead atoms. The number of nitrogens with zero attached hydrogens (tertiary/aromatic N) is 1. The molecule has 0 fully saturated rings. The van der Waals surface area contributed by atoms with Crippen molar-refractivity contribution in [3.05, 3.63) is 45.5 Å². The predicted octanol–water partition coefficient (Wildman–Crippen LogP) is 2.62. The van der Waals surface area contributed by atoms with Crippen molar-refractivity contribution in [2.45, 2.75) is 27.2 Å². The van der Waals surface area contributed by atoms with Crippen LogP contribution in [0.3, 0.4) is 0 Å². The van der Waals surface area contributed by atoms with E-state index >= 15 is 0 Å². The summed E-state index contributed by atoms with van der Waals surface area (Å²) in [5, 5.41) is 0. The van der Waals surface area contributed by atoms with Crippen LogP contribution >= 0.6 is 0 Å². The lowest BCUT2D eigenvalue weighted by Gasteiger charge is -2.12.